The lowest BCUT2D eigenvalue weighted by Crippen LogP contribution is -2.36. The summed E-state index contributed by atoms with van der Waals surface area (Å²) in [5.41, 5.74) is 1.47. The fourth-order valence-electron chi connectivity index (χ4n) is 2.73. The van der Waals surface area contributed by atoms with Crippen molar-refractivity contribution in [3.05, 3.63) is 54.7 Å². The third kappa shape index (κ3) is 4.77. The van der Waals surface area contributed by atoms with Gasteiger partial charge in [0, 0.05) is 18.7 Å². The van der Waals surface area contributed by atoms with E-state index in [4.69, 9.17) is 14.2 Å². The summed E-state index contributed by atoms with van der Waals surface area (Å²) >= 11 is 0. The molecule has 3 rings (SSSR count). The van der Waals surface area contributed by atoms with Crippen LogP contribution in [0, 0.1) is 0 Å². The second-order valence-corrected chi connectivity index (χ2v) is 5.92. The van der Waals surface area contributed by atoms with Gasteiger partial charge in [-0.15, -0.1) is 0 Å². The number of aromatic nitrogens is 1. The largest absolute Gasteiger partial charge is 0.493 e. The zero-order valence-corrected chi connectivity index (χ0v) is 15.3. The van der Waals surface area contributed by atoms with Gasteiger partial charge in [-0.2, -0.15) is 0 Å². The molecule has 27 heavy (non-hydrogen) atoms. The zero-order valence-electron chi connectivity index (χ0n) is 15.3. The molecule has 142 valence electrons. The molecule has 1 aliphatic rings. The summed E-state index contributed by atoms with van der Waals surface area (Å²) in [6, 6.07) is 8.75. The van der Waals surface area contributed by atoms with Gasteiger partial charge in [-0.05, 0) is 30.3 Å². The van der Waals surface area contributed by atoms with E-state index in [9.17, 15) is 4.79 Å². The van der Waals surface area contributed by atoms with Crippen LogP contribution in [0.4, 0.5) is 11.5 Å². The first-order valence-corrected chi connectivity index (χ1v) is 8.73. The molecule has 7 heteroatoms. The van der Waals surface area contributed by atoms with Crippen molar-refractivity contribution in [1.82, 2.24) is 4.98 Å². The number of morpholine rings is 1. The van der Waals surface area contributed by atoms with Crippen LogP contribution in [0.15, 0.2) is 49.2 Å². The number of benzene rings is 1. The SMILES string of the molecule is C=CCOc1ccc(C(=O)Nc2ccc(N3CCOCC3)cn2)cc1OC. The Morgan fingerprint density at radius 3 is 2.78 bits per heavy atom. The summed E-state index contributed by atoms with van der Waals surface area (Å²) in [7, 11) is 1.53. The number of anilines is 2. The first-order chi connectivity index (χ1) is 13.2. The fourth-order valence-corrected chi connectivity index (χ4v) is 2.73. The average Bonchev–Trinajstić information content (AvgIpc) is 2.73. The molecule has 1 aromatic heterocycles. The standard InChI is InChI=1S/C20H23N3O4/c1-3-10-27-17-6-4-15(13-18(17)25-2)20(24)22-19-7-5-16(14-21-19)23-8-11-26-12-9-23/h3-7,13-14H,1,8-12H2,2H3,(H,21,22,24). The van der Waals surface area contributed by atoms with Crippen molar-refractivity contribution >= 4 is 17.4 Å². The van der Waals surface area contributed by atoms with Crippen molar-refractivity contribution < 1.29 is 19.0 Å². The van der Waals surface area contributed by atoms with E-state index in [0.717, 1.165) is 18.8 Å². The Bertz CT molecular complexity index is 786. The predicted molar refractivity (Wildman–Crippen MR) is 104 cm³/mol. The number of ether oxygens (including phenoxy) is 3. The fraction of sp³-hybridized carbons (Fsp3) is 0.300. The van der Waals surface area contributed by atoms with Crippen molar-refractivity contribution in [2.75, 3.05) is 50.2 Å². The number of hydrogen-bond donors (Lipinski definition) is 1. The van der Waals surface area contributed by atoms with Gasteiger partial charge in [0.25, 0.3) is 5.91 Å². The Hall–Kier alpha value is -3.06. The topological polar surface area (TPSA) is 72.9 Å². The molecule has 7 nitrogen and oxygen atoms in total. The Morgan fingerprint density at radius 1 is 1.30 bits per heavy atom. The van der Waals surface area contributed by atoms with Crippen molar-refractivity contribution in [2.24, 2.45) is 0 Å². The minimum atomic E-state index is -0.268. The highest BCUT2D eigenvalue weighted by Gasteiger charge is 2.14. The molecule has 1 saturated heterocycles. The number of methoxy groups -OCH3 is 1. The minimum Gasteiger partial charge on any atom is -0.493 e. The Morgan fingerprint density at radius 2 is 2.11 bits per heavy atom. The maximum absolute atomic E-state index is 12.5. The molecule has 2 aromatic rings. The number of hydrogen-bond acceptors (Lipinski definition) is 6. The van der Waals surface area contributed by atoms with Gasteiger partial charge in [-0.3, -0.25) is 4.79 Å². The summed E-state index contributed by atoms with van der Waals surface area (Å²) in [4.78, 5) is 19.0. The molecule has 0 unspecified atom stereocenters. The zero-order chi connectivity index (χ0) is 19.1. The highest BCUT2D eigenvalue weighted by atomic mass is 16.5. The van der Waals surface area contributed by atoms with Gasteiger partial charge < -0.3 is 24.4 Å². The molecule has 1 N–H and O–H groups in total. The lowest BCUT2D eigenvalue weighted by Gasteiger charge is -2.28. The average molecular weight is 369 g/mol. The van der Waals surface area contributed by atoms with Crippen LogP contribution in [-0.4, -0.2) is 50.9 Å². The van der Waals surface area contributed by atoms with Gasteiger partial charge >= 0.3 is 0 Å². The number of nitrogens with one attached hydrogen (secondary N) is 1. The molecule has 2 heterocycles. The van der Waals surface area contributed by atoms with Crippen molar-refractivity contribution in [2.45, 2.75) is 0 Å². The minimum absolute atomic E-state index is 0.268. The molecule has 0 saturated carbocycles. The van der Waals surface area contributed by atoms with Gasteiger partial charge in [0.15, 0.2) is 11.5 Å². The number of rotatable bonds is 7. The molecule has 1 amide bonds. The third-order valence-corrected chi connectivity index (χ3v) is 4.15. The van der Waals surface area contributed by atoms with Gasteiger partial charge in [-0.25, -0.2) is 4.98 Å². The second kappa shape index (κ2) is 9.05. The second-order valence-electron chi connectivity index (χ2n) is 5.92. The lowest BCUT2D eigenvalue weighted by atomic mass is 10.2. The molecule has 1 fully saturated rings. The van der Waals surface area contributed by atoms with E-state index in [1.165, 1.54) is 7.11 Å². The molecule has 0 radical (unpaired) electrons. The molecule has 0 spiro atoms. The Labute approximate surface area is 158 Å². The maximum Gasteiger partial charge on any atom is 0.256 e. The van der Waals surface area contributed by atoms with Gasteiger partial charge in [0.1, 0.15) is 12.4 Å². The van der Waals surface area contributed by atoms with Crippen molar-refractivity contribution in [3.8, 4) is 11.5 Å². The molecular weight excluding hydrogens is 346 g/mol. The summed E-state index contributed by atoms with van der Waals surface area (Å²) in [6.45, 7) is 7.09. The van der Waals surface area contributed by atoms with Crippen LogP contribution in [0.2, 0.25) is 0 Å². The molecule has 0 aliphatic carbocycles. The molecule has 1 aliphatic heterocycles. The summed E-state index contributed by atoms with van der Waals surface area (Å²) in [6.07, 6.45) is 3.40. The summed E-state index contributed by atoms with van der Waals surface area (Å²) in [5.74, 6) is 1.26. The number of amides is 1. The number of carbonyl (C=O) groups is 1. The van der Waals surface area contributed by atoms with Gasteiger partial charge in [-0.1, -0.05) is 12.7 Å². The van der Waals surface area contributed by atoms with Gasteiger partial charge in [0.05, 0.1) is 32.2 Å². The van der Waals surface area contributed by atoms with E-state index in [2.05, 4.69) is 21.8 Å². The summed E-state index contributed by atoms with van der Waals surface area (Å²) in [5, 5.41) is 2.80. The normalized spacial score (nSPS) is 13.7. The van der Waals surface area contributed by atoms with E-state index in [1.54, 1.807) is 36.5 Å². The van der Waals surface area contributed by atoms with E-state index in [1.807, 2.05) is 6.07 Å². The Kier molecular flexibility index (Phi) is 6.27. The third-order valence-electron chi connectivity index (χ3n) is 4.15. The van der Waals surface area contributed by atoms with E-state index in [-0.39, 0.29) is 5.91 Å². The highest BCUT2D eigenvalue weighted by Crippen LogP contribution is 2.28. The van der Waals surface area contributed by atoms with Crippen molar-refractivity contribution in [1.29, 1.82) is 0 Å². The van der Waals surface area contributed by atoms with Crippen LogP contribution in [0.1, 0.15) is 10.4 Å². The van der Waals surface area contributed by atoms with Crippen molar-refractivity contribution in [3.63, 3.8) is 0 Å². The smallest absolute Gasteiger partial charge is 0.256 e. The van der Waals surface area contributed by atoms with Gasteiger partial charge in [0.2, 0.25) is 0 Å². The molecule has 0 bridgehead atoms. The number of nitrogens with zero attached hydrogens (tertiary/aromatic N) is 2. The molecular formula is C20H23N3O4. The quantitative estimate of drug-likeness (QED) is 0.757. The van der Waals surface area contributed by atoms with Crippen LogP contribution >= 0.6 is 0 Å². The first-order valence-electron chi connectivity index (χ1n) is 8.73. The van der Waals surface area contributed by atoms with Crippen LogP contribution in [0.25, 0.3) is 0 Å². The first kappa shape index (κ1) is 18.7. The van der Waals surface area contributed by atoms with Crippen LogP contribution in [-0.2, 0) is 4.74 Å². The van der Waals surface area contributed by atoms with Crippen LogP contribution < -0.4 is 19.7 Å². The van der Waals surface area contributed by atoms with Crippen LogP contribution in [0.5, 0.6) is 11.5 Å². The monoisotopic (exact) mass is 369 g/mol. The van der Waals surface area contributed by atoms with E-state index >= 15 is 0 Å². The van der Waals surface area contributed by atoms with E-state index in [0.29, 0.717) is 42.7 Å². The Balaban J connectivity index is 1.66. The molecule has 1 aromatic carbocycles. The predicted octanol–water partition coefficient (Wildman–Crippen LogP) is 2.74. The summed E-state index contributed by atoms with van der Waals surface area (Å²) < 4.78 is 16.1. The highest BCUT2D eigenvalue weighted by molar-refractivity contribution is 6.04. The number of carbonyl (C=O) groups excluding carboxylic acids is 1. The maximum atomic E-state index is 12.5. The molecule has 0 atom stereocenters. The van der Waals surface area contributed by atoms with E-state index < -0.39 is 0 Å². The number of pyridine rings is 1. The lowest BCUT2D eigenvalue weighted by molar-refractivity contribution is 0.102. The van der Waals surface area contributed by atoms with Crippen LogP contribution in [0.3, 0.4) is 0 Å².